The monoisotopic (exact) mass is 383 g/mol. The molecule has 3 rings (SSSR count). The number of carbonyl (C=O) groups excluding carboxylic acids is 2. The van der Waals surface area contributed by atoms with Crippen molar-refractivity contribution in [3.8, 4) is 0 Å². The number of nitrogens with zero attached hydrogens (tertiary/aromatic N) is 3. The number of aromatic nitrogens is 1. The summed E-state index contributed by atoms with van der Waals surface area (Å²) in [6.45, 7) is 5.21. The van der Waals surface area contributed by atoms with Crippen LogP contribution in [0.3, 0.4) is 0 Å². The summed E-state index contributed by atoms with van der Waals surface area (Å²) in [5.41, 5.74) is -0.168. The van der Waals surface area contributed by atoms with Crippen molar-refractivity contribution >= 4 is 40.0 Å². The topological polar surface area (TPSA) is 77.6 Å². The number of rotatable bonds is 6. The smallest absolute Gasteiger partial charge is 0.232 e. The second-order valence-corrected chi connectivity index (χ2v) is 8.26. The van der Waals surface area contributed by atoms with Crippen LogP contribution in [0.2, 0.25) is 0 Å². The minimum Gasteiger partial charge on any atom is -0.345 e. The molecule has 2 fully saturated rings. The van der Waals surface area contributed by atoms with Crippen molar-refractivity contribution in [3.05, 3.63) is 11.6 Å². The summed E-state index contributed by atoms with van der Waals surface area (Å²) < 4.78 is 0. The lowest BCUT2D eigenvalue weighted by Crippen LogP contribution is -2.55. The Hall–Kier alpha value is -1.32. The van der Waals surface area contributed by atoms with Crippen LogP contribution in [0.1, 0.15) is 26.2 Å². The normalized spacial score (nSPS) is 24.3. The van der Waals surface area contributed by atoms with Crippen LogP contribution in [0.15, 0.2) is 11.6 Å². The largest absolute Gasteiger partial charge is 0.345 e. The van der Waals surface area contributed by atoms with E-state index in [0.29, 0.717) is 12.2 Å². The summed E-state index contributed by atoms with van der Waals surface area (Å²) in [6, 6.07) is 0.216. The van der Waals surface area contributed by atoms with Gasteiger partial charge in [-0.1, -0.05) is 13.3 Å². The van der Waals surface area contributed by atoms with Crippen molar-refractivity contribution in [2.45, 2.75) is 37.7 Å². The lowest BCUT2D eigenvalue weighted by molar-refractivity contribution is -0.128. The predicted molar refractivity (Wildman–Crippen MR) is 102 cm³/mol. The van der Waals surface area contributed by atoms with Crippen LogP contribution in [0.4, 0.5) is 5.13 Å². The highest BCUT2D eigenvalue weighted by Gasteiger charge is 2.27. The summed E-state index contributed by atoms with van der Waals surface area (Å²) in [6.07, 6.45) is 4.37. The maximum atomic E-state index is 12.5. The van der Waals surface area contributed by atoms with Crippen molar-refractivity contribution in [2.24, 2.45) is 0 Å². The van der Waals surface area contributed by atoms with Crippen molar-refractivity contribution in [1.29, 1.82) is 0 Å². The molecule has 7 nitrogen and oxygen atoms in total. The van der Waals surface area contributed by atoms with E-state index in [1.807, 2.05) is 16.5 Å². The van der Waals surface area contributed by atoms with Crippen LogP contribution >= 0.6 is 23.1 Å². The Morgan fingerprint density at radius 2 is 2.20 bits per heavy atom. The Bertz CT molecular complexity index is 575. The first-order valence-corrected chi connectivity index (χ1v) is 10.7. The summed E-state index contributed by atoms with van der Waals surface area (Å²) in [5.74, 6) is 0.588. The molecule has 0 radical (unpaired) electrons. The SMILES string of the molecule is CCCC1CC(=O)NC(SCC(=O)N2CCN(c3nccs3)CC2)N1. The van der Waals surface area contributed by atoms with Gasteiger partial charge >= 0.3 is 0 Å². The average Bonchev–Trinajstić information content (AvgIpc) is 3.14. The van der Waals surface area contributed by atoms with Gasteiger partial charge in [0.15, 0.2) is 5.13 Å². The molecule has 2 atom stereocenters. The van der Waals surface area contributed by atoms with Crippen molar-refractivity contribution in [1.82, 2.24) is 20.5 Å². The number of hydrogen-bond acceptors (Lipinski definition) is 7. The van der Waals surface area contributed by atoms with Gasteiger partial charge in [0.1, 0.15) is 5.50 Å². The zero-order chi connectivity index (χ0) is 17.6. The number of piperazine rings is 1. The van der Waals surface area contributed by atoms with Gasteiger partial charge in [-0.15, -0.1) is 23.1 Å². The Morgan fingerprint density at radius 3 is 2.88 bits per heavy atom. The summed E-state index contributed by atoms with van der Waals surface area (Å²) in [4.78, 5) is 32.7. The third-order valence-corrected chi connectivity index (χ3v) is 6.28. The first-order chi connectivity index (χ1) is 12.2. The van der Waals surface area contributed by atoms with Gasteiger partial charge in [-0.2, -0.15) is 0 Å². The lowest BCUT2D eigenvalue weighted by Gasteiger charge is -2.35. The minimum atomic E-state index is -0.168. The van der Waals surface area contributed by atoms with Gasteiger partial charge in [-0.05, 0) is 6.42 Å². The second kappa shape index (κ2) is 8.86. The van der Waals surface area contributed by atoms with E-state index in [1.54, 1.807) is 11.3 Å². The molecule has 0 bridgehead atoms. The fraction of sp³-hybridized carbons (Fsp3) is 0.688. The van der Waals surface area contributed by atoms with Crippen molar-refractivity contribution in [2.75, 3.05) is 36.8 Å². The number of thiazole rings is 1. The highest BCUT2D eigenvalue weighted by molar-refractivity contribution is 8.00. The molecule has 2 saturated heterocycles. The molecule has 138 valence electrons. The summed E-state index contributed by atoms with van der Waals surface area (Å²) in [5, 5.41) is 9.33. The molecule has 0 spiro atoms. The van der Waals surface area contributed by atoms with Crippen molar-refractivity contribution < 1.29 is 9.59 Å². The fourth-order valence-electron chi connectivity index (χ4n) is 3.13. The number of nitrogens with one attached hydrogen (secondary N) is 2. The number of carbonyl (C=O) groups is 2. The van der Waals surface area contributed by atoms with Gasteiger partial charge in [0, 0.05) is 50.2 Å². The zero-order valence-corrected chi connectivity index (χ0v) is 16.1. The molecule has 2 aliphatic rings. The third-order valence-electron chi connectivity index (χ3n) is 4.44. The highest BCUT2D eigenvalue weighted by Crippen LogP contribution is 2.20. The molecule has 2 unspecified atom stereocenters. The molecule has 9 heteroatoms. The molecule has 0 aliphatic carbocycles. The molecule has 1 aromatic rings. The molecule has 0 saturated carbocycles. The molecule has 25 heavy (non-hydrogen) atoms. The number of anilines is 1. The maximum absolute atomic E-state index is 12.5. The van der Waals surface area contributed by atoms with Crippen LogP contribution in [-0.2, 0) is 9.59 Å². The Kier molecular flexibility index (Phi) is 6.55. The molecule has 0 aromatic carbocycles. The lowest BCUT2D eigenvalue weighted by atomic mass is 10.1. The number of thioether (sulfide) groups is 1. The number of amides is 2. The zero-order valence-electron chi connectivity index (χ0n) is 14.4. The Morgan fingerprint density at radius 1 is 1.40 bits per heavy atom. The first-order valence-electron chi connectivity index (χ1n) is 8.75. The third kappa shape index (κ3) is 5.08. The van der Waals surface area contributed by atoms with E-state index < -0.39 is 0 Å². The minimum absolute atomic E-state index is 0.0687. The maximum Gasteiger partial charge on any atom is 0.232 e. The molecular formula is C16H25N5O2S2. The van der Waals surface area contributed by atoms with Gasteiger partial charge in [-0.25, -0.2) is 4.98 Å². The molecule has 3 heterocycles. The molecular weight excluding hydrogens is 358 g/mol. The fourth-order valence-corrected chi connectivity index (χ4v) is 4.82. The van der Waals surface area contributed by atoms with Crippen LogP contribution in [0.5, 0.6) is 0 Å². The van der Waals surface area contributed by atoms with E-state index in [4.69, 9.17) is 0 Å². The Balaban J connectivity index is 1.41. The average molecular weight is 384 g/mol. The summed E-state index contributed by atoms with van der Waals surface area (Å²) in [7, 11) is 0. The van der Waals surface area contributed by atoms with E-state index in [9.17, 15) is 9.59 Å². The second-order valence-electron chi connectivity index (χ2n) is 6.30. The van der Waals surface area contributed by atoms with Gasteiger partial charge in [0.2, 0.25) is 11.8 Å². The van der Waals surface area contributed by atoms with Crippen LogP contribution < -0.4 is 15.5 Å². The standard InChI is InChI=1S/C16H25N5O2S2/c1-2-3-12-10-13(22)19-15(18-12)25-11-14(23)20-5-7-21(8-6-20)16-17-4-9-24-16/h4,9,12,15,18H,2-3,5-8,10-11H2,1H3,(H,19,22). The van der Waals surface area contributed by atoms with Crippen LogP contribution in [-0.4, -0.2) is 65.2 Å². The quantitative estimate of drug-likeness (QED) is 0.766. The van der Waals surface area contributed by atoms with Crippen molar-refractivity contribution in [3.63, 3.8) is 0 Å². The predicted octanol–water partition coefficient (Wildman–Crippen LogP) is 1.09. The van der Waals surface area contributed by atoms with E-state index in [2.05, 4.69) is 27.4 Å². The first kappa shape index (κ1) is 18.5. The van der Waals surface area contributed by atoms with Crippen LogP contribution in [0, 0.1) is 0 Å². The van der Waals surface area contributed by atoms with Gasteiger partial charge in [0.25, 0.3) is 0 Å². The number of hydrogen-bond donors (Lipinski definition) is 2. The van der Waals surface area contributed by atoms with E-state index in [-0.39, 0.29) is 23.4 Å². The molecule has 2 amide bonds. The molecule has 2 aliphatic heterocycles. The van der Waals surface area contributed by atoms with Crippen LogP contribution in [0.25, 0.3) is 0 Å². The Labute approximate surface area is 156 Å². The highest BCUT2D eigenvalue weighted by atomic mass is 32.2. The van der Waals surface area contributed by atoms with Gasteiger partial charge in [-0.3, -0.25) is 14.9 Å². The van der Waals surface area contributed by atoms with E-state index in [1.165, 1.54) is 11.8 Å². The molecule has 1 aromatic heterocycles. The van der Waals surface area contributed by atoms with E-state index in [0.717, 1.165) is 44.2 Å². The van der Waals surface area contributed by atoms with E-state index >= 15 is 0 Å². The van der Waals surface area contributed by atoms with Gasteiger partial charge < -0.3 is 15.1 Å². The van der Waals surface area contributed by atoms with Gasteiger partial charge in [0.05, 0.1) is 5.75 Å². The summed E-state index contributed by atoms with van der Waals surface area (Å²) >= 11 is 3.10. The molecule has 2 N–H and O–H groups in total.